The van der Waals surface area contributed by atoms with Crippen molar-refractivity contribution in [3.63, 3.8) is 0 Å². The number of ether oxygens (including phenoxy) is 1. The summed E-state index contributed by atoms with van der Waals surface area (Å²) in [5.41, 5.74) is 6.21. The van der Waals surface area contributed by atoms with Crippen LogP contribution in [0.5, 0.6) is 11.8 Å². The zero-order valence-electron chi connectivity index (χ0n) is 8.43. The number of halogens is 1. The first-order valence-corrected chi connectivity index (χ1v) is 4.72. The van der Waals surface area contributed by atoms with E-state index in [1.165, 1.54) is 12.1 Å². The lowest BCUT2D eigenvalue weighted by atomic mass is 10.3. The van der Waals surface area contributed by atoms with Crippen LogP contribution in [0.4, 0.5) is 4.39 Å². The summed E-state index contributed by atoms with van der Waals surface area (Å²) >= 11 is 0. The zero-order valence-corrected chi connectivity index (χ0v) is 8.43. The highest BCUT2D eigenvalue weighted by Crippen LogP contribution is 2.17. The molecule has 1 aromatic heterocycles. The van der Waals surface area contributed by atoms with Crippen LogP contribution in [0, 0.1) is 5.82 Å². The average Bonchev–Trinajstić information content (AvgIpc) is 2.30. The summed E-state index contributed by atoms with van der Waals surface area (Å²) in [4.78, 5) is 7.88. The second-order valence-electron chi connectivity index (χ2n) is 3.14. The molecule has 1 heterocycles. The van der Waals surface area contributed by atoms with Crippen molar-refractivity contribution < 1.29 is 9.13 Å². The van der Waals surface area contributed by atoms with E-state index in [2.05, 4.69) is 9.97 Å². The van der Waals surface area contributed by atoms with Crippen LogP contribution in [0.15, 0.2) is 36.7 Å². The minimum atomic E-state index is -0.365. The summed E-state index contributed by atoms with van der Waals surface area (Å²) in [6, 6.07) is 5.95. The number of aromatic nitrogens is 2. The highest BCUT2D eigenvalue weighted by Gasteiger charge is 2.01. The molecule has 0 saturated carbocycles. The monoisotopic (exact) mass is 219 g/mol. The molecule has 0 saturated heterocycles. The summed E-state index contributed by atoms with van der Waals surface area (Å²) in [6.45, 7) is 0.375. The van der Waals surface area contributed by atoms with Crippen molar-refractivity contribution in [3.05, 3.63) is 48.0 Å². The maximum Gasteiger partial charge on any atom is 0.321 e. The Kier molecular flexibility index (Phi) is 3.07. The van der Waals surface area contributed by atoms with Crippen LogP contribution >= 0.6 is 0 Å². The van der Waals surface area contributed by atoms with Gasteiger partial charge < -0.3 is 10.5 Å². The van der Waals surface area contributed by atoms with Gasteiger partial charge in [0.2, 0.25) is 0 Å². The number of nitrogens with zero attached hydrogens (tertiary/aromatic N) is 2. The first-order valence-electron chi connectivity index (χ1n) is 4.72. The molecule has 2 rings (SSSR count). The smallest absolute Gasteiger partial charge is 0.321 e. The summed E-state index contributed by atoms with van der Waals surface area (Å²) in [6.07, 6.45) is 3.14. The number of hydrogen-bond acceptors (Lipinski definition) is 4. The maximum atomic E-state index is 12.9. The molecule has 0 aliphatic rings. The Bertz CT molecular complexity index is 473. The Hall–Kier alpha value is -2.01. The van der Waals surface area contributed by atoms with Gasteiger partial charge in [0.1, 0.15) is 11.6 Å². The fraction of sp³-hybridized carbons (Fsp3) is 0.0909. The molecule has 0 unspecified atom stereocenters. The van der Waals surface area contributed by atoms with Crippen molar-refractivity contribution in [2.24, 2.45) is 5.73 Å². The van der Waals surface area contributed by atoms with Crippen molar-refractivity contribution in [1.82, 2.24) is 9.97 Å². The minimum Gasteiger partial charge on any atom is -0.424 e. The van der Waals surface area contributed by atoms with Crippen molar-refractivity contribution in [1.29, 1.82) is 0 Å². The average molecular weight is 219 g/mol. The van der Waals surface area contributed by atoms with Crippen LogP contribution in [0.25, 0.3) is 0 Å². The quantitative estimate of drug-likeness (QED) is 0.855. The predicted octanol–water partition coefficient (Wildman–Crippen LogP) is 1.87. The normalized spacial score (nSPS) is 10.1. The number of nitrogens with two attached hydrogens (primary N) is 1. The molecule has 16 heavy (non-hydrogen) atoms. The molecule has 0 amide bonds. The molecular formula is C11H10FN3O. The molecule has 0 atom stereocenters. The maximum absolute atomic E-state index is 12.9. The SMILES string of the molecule is NCc1cnc(Oc2cccc(F)c2)nc1. The van der Waals surface area contributed by atoms with Crippen LogP contribution in [0.2, 0.25) is 0 Å². The van der Waals surface area contributed by atoms with Gasteiger partial charge in [-0.3, -0.25) is 0 Å². The topological polar surface area (TPSA) is 61.0 Å². The molecule has 0 aliphatic heterocycles. The lowest BCUT2D eigenvalue weighted by molar-refractivity contribution is 0.437. The summed E-state index contributed by atoms with van der Waals surface area (Å²) in [7, 11) is 0. The molecule has 0 fully saturated rings. The fourth-order valence-electron chi connectivity index (χ4n) is 1.14. The van der Waals surface area contributed by atoms with Gasteiger partial charge in [0, 0.05) is 30.6 Å². The fourth-order valence-corrected chi connectivity index (χ4v) is 1.14. The lowest BCUT2D eigenvalue weighted by Crippen LogP contribution is -1.99. The molecule has 2 aromatic rings. The van der Waals surface area contributed by atoms with Crippen LogP contribution in [0.3, 0.4) is 0 Å². The molecular weight excluding hydrogens is 209 g/mol. The number of rotatable bonds is 3. The van der Waals surface area contributed by atoms with Gasteiger partial charge in [-0.2, -0.15) is 0 Å². The first kappa shape index (κ1) is 10.5. The first-order chi connectivity index (χ1) is 7.78. The molecule has 0 radical (unpaired) electrons. The van der Waals surface area contributed by atoms with Gasteiger partial charge in [-0.15, -0.1) is 0 Å². The van der Waals surface area contributed by atoms with Gasteiger partial charge in [0.05, 0.1) is 0 Å². The molecule has 0 aliphatic carbocycles. The van der Waals surface area contributed by atoms with E-state index in [1.807, 2.05) is 0 Å². The molecule has 4 nitrogen and oxygen atoms in total. The van der Waals surface area contributed by atoms with Gasteiger partial charge in [0.15, 0.2) is 0 Å². The second-order valence-corrected chi connectivity index (χ2v) is 3.14. The number of benzene rings is 1. The van der Waals surface area contributed by atoms with E-state index in [0.717, 1.165) is 5.56 Å². The van der Waals surface area contributed by atoms with E-state index in [1.54, 1.807) is 24.5 Å². The summed E-state index contributed by atoms with van der Waals surface area (Å²) in [5.74, 6) is -0.00317. The van der Waals surface area contributed by atoms with E-state index in [-0.39, 0.29) is 11.8 Å². The van der Waals surface area contributed by atoms with E-state index < -0.39 is 0 Å². The van der Waals surface area contributed by atoms with E-state index in [9.17, 15) is 4.39 Å². The Balaban J connectivity index is 2.14. The summed E-state index contributed by atoms with van der Waals surface area (Å²) < 4.78 is 18.1. The Morgan fingerprint density at radius 2 is 2.00 bits per heavy atom. The van der Waals surface area contributed by atoms with Crippen molar-refractivity contribution >= 4 is 0 Å². The molecule has 0 bridgehead atoms. The second kappa shape index (κ2) is 4.67. The van der Waals surface area contributed by atoms with Crippen LogP contribution in [-0.4, -0.2) is 9.97 Å². The van der Waals surface area contributed by atoms with Gasteiger partial charge in [0.25, 0.3) is 0 Å². The largest absolute Gasteiger partial charge is 0.424 e. The Morgan fingerprint density at radius 3 is 2.62 bits per heavy atom. The molecule has 5 heteroatoms. The Morgan fingerprint density at radius 1 is 1.25 bits per heavy atom. The predicted molar refractivity (Wildman–Crippen MR) is 56.4 cm³/mol. The zero-order chi connectivity index (χ0) is 11.4. The van der Waals surface area contributed by atoms with Gasteiger partial charge in [-0.1, -0.05) is 6.07 Å². The highest BCUT2D eigenvalue weighted by molar-refractivity contribution is 5.25. The van der Waals surface area contributed by atoms with Crippen molar-refractivity contribution in [2.75, 3.05) is 0 Å². The standard InChI is InChI=1S/C11H10FN3O/c12-9-2-1-3-10(4-9)16-11-14-6-8(5-13)7-15-11/h1-4,6-7H,5,13H2. The molecule has 0 spiro atoms. The molecule has 2 N–H and O–H groups in total. The van der Waals surface area contributed by atoms with Crippen LogP contribution in [-0.2, 0) is 6.54 Å². The molecule has 1 aromatic carbocycles. The summed E-state index contributed by atoms with van der Waals surface area (Å²) in [5, 5.41) is 0. The van der Waals surface area contributed by atoms with E-state index >= 15 is 0 Å². The molecule has 82 valence electrons. The van der Waals surface area contributed by atoms with Crippen molar-refractivity contribution in [3.8, 4) is 11.8 Å². The van der Waals surface area contributed by atoms with E-state index in [0.29, 0.717) is 12.3 Å². The van der Waals surface area contributed by atoms with E-state index in [4.69, 9.17) is 10.5 Å². The third kappa shape index (κ3) is 2.52. The third-order valence-corrected chi connectivity index (χ3v) is 1.92. The lowest BCUT2D eigenvalue weighted by Gasteiger charge is -2.03. The highest BCUT2D eigenvalue weighted by atomic mass is 19.1. The Labute approximate surface area is 91.9 Å². The minimum absolute atomic E-state index is 0.169. The van der Waals surface area contributed by atoms with Gasteiger partial charge in [-0.05, 0) is 12.1 Å². The van der Waals surface area contributed by atoms with Crippen LogP contribution < -0.4 is 10.5 Å². The van der Waals surface area contributed by atoms with Crippen molar-refractivity contribution in [2.45, 2.75) is 6.54 Å². The number of hydrogen-bond donors (Lipinski definition) is 1. The third-order valence-electron chi connectivity index (χ3n) is 1.92. The van der Waals surface area contributed by atoms with Crippen LogP contribution in [0.1, 0.15) is 5.56 Å². The van der Waals surface area contributed by atoms with Gasteiger partial charge in [-0.25, -0.2) is 14.4 Å². The van der Waals surface area contributed by atoms with Gasteiger partial charge >= 0.3 is 6.01 Å².